The van der Waals surface area contributed by atoms with Crippen LogP contribution in [0.3, 0.4) is 0 Å². The summed E-state index contributed by atoms with van der Waals surface area (Å²) in [5, 5.41) is 2.84. The minimum Gasteiger partial charge on any atom is -0.377 e. The number of halogens is 1. The third kappa shape index (κ3) is 1.42. The van der Waals surface area contributed by atoms with E-state index < -0.39 is 0 Å². The lowest BCUT2D eigenvalue weighted by atomic mass is 10.1. The average Bonchev–Trinajstić information content (AvgIpc) is 2.17. The molecule has 14 heavy (non-hydrogen) atoms. The maximum atomic E-state index is 6.05. The Hall–Kier alpha value is -1.28. The van der Waals surface area contributed by atoms with Crippen LogP contribution in [0, 0.1) is 0 Å². The van der Waals surface area contributed by atoms with Crippen molar-refractivity contribution >= 4 is 28.1 Å². The van der Waals surface area contributed by atoms with Gasteiger partial charge in [-0.1, -0.05) is 23.7 Å². The Balaban J connectivity index is 2.81. The smallest absolute Gasteiger partial charge is 0.0668 e. The summed E-state index contributed by atoms with van der Waals surface area (Å²) in [6.45, 7) is 0. The number of hydrogen-bond donors (Lipinski definition) is 0. The molecule has 2 rings (SSSR count). The molecule has 0 aliphatic rings. The summed E-state index contributed by atoms with van der Waals surface area (Å²) in [7, 11) is 4.02. The van der Waals surface area contributed by atoms with Gasteiger partial charge in [0, 0.05) is 42.9 Å². The highest BCUT2D eigenvalue weighted by atomic mass is 35.5. The molecule has 1 aromatic heterocycles. The van der Waals surface area contributed by atoms with Crippen LogP contribution >= 0.6 is 11.6 Å². The maximum absolute atomic E-state index is 6.05. The molecule has 1 aromatic carbocycles. The van der Waals surface area contributed by atoms with Crippen molar-refractivity contribution < 1.29 is 0 Å². The van der Waals surface area contributed by atoms with E-state index in [1.165, 1.54) is 0 Å². The lowest BCUT2D eigenvalue weighted by Crippen LogP contribution is -2.08. The second-order valence-electron chi connectivity index (χ2n) is 3.39. The molecule has 0 bridgehead atoms. The van der Waals surface area contributed by atoms with Gasteiger partial charge in [0.15, 0.2) is 0 Å². The second-order valence-corrected chi connectivity index (χ2v) is 3.80. The zero-order valence-electron chi connectivity index (χ0n) is 8.16. The van der Waals surface area contributed by atoms with Gasteiger partial charge in [0.25, 0.3) is 0 Å². The highest BCUT2D eigenvalue weighted by Gasteiger charge is 2.04. The quantitative estimate of drug-likeness (QED) is 0.713. The number of hydrogen-bond acceptors (Lipinski definition) is 2. The summed E-state index contributed by atoms with van der Waals surface area (Å²) in [5.74, 6) is 0. The highest BCUT2D eigenvalue weighted by Crippen LogP contribution is 2.28. The second kappa shape index (κ2) is 3.46. The molecule has 2 aromatic rings. The van der Waals surface area contributed by atoms with E-state index in [9.17, 15) is 0 Å². The molecule has 0 spiro atoms. The van der Waals surface area contributed by atoms with E-state index in [2.05, 4.69) is 16.0 Å². The van der Waals surface area contributed by atoms with Crippen LogP contribution in [0.1, 0.15) is 0 Å². The van der Waals surface area contributed by atoms with Crippen molar-refractivity contribution in [1.29, 1.82) is 0 Å². The summed E-state index contributed by atoms with van der Waals surface area (Å²) in [5.41, 5.74) is 1.14. The van der Waals surface area contributed by atoms with Gasteiger partial charge in [0.05, 0.1) is 5.02 Å². The van der Waals surface area contributed by atoms with Crippen molar-refractivity contribution in [2.45, 2.75) is 0 Å². The number of anilines is 1. The number of aromatic nitrogens is 1. The maximum Gasteiger partial charge on any atom is 0.0668 e. The van der Waals surface area contributed by atoms with Crippen LogP contribution in [0.5, 0.6) is 0 Å². The van der Waals surface area contributed by atoms with E-state index in [4.69, 9.17) is 11.6 Å². The molecule has 0 unspecified atom stereocenters. The fourth-order valence-corrected chi connectivity index (χ4v) is 1.75. The van der Waals surface area contributed by atoms with Crippen molar-refractivity contribution in [3.63, 3.8) is 0 Å². The minimum absolute atomic E-state index is 0.700. The summed E-state index contributed by atoms with van der Waals surface area (Å²) in [6.07, 6.45) is 3.51. The van der Waals surface area contributed by atoms with E-state index in [1.807, 2.05) is 32.4 Å². The Labute approximate surface area is 88.1 Å². The molecule has 1 heterocycles. The third-order valence-electron chi connectivity index (χ3n) is 2.21. The van der Waals surface area contributed by atoms with Gasteiger partial charge in [-0.3, -0.25) is 4.98 Å². The largest absolute Gasteiger partial charge is 0.377 e. The summed E-state index contributed by atoms with van der Waals surface area (Å²) >= 11 is 6.05. The third-order valence-corrected chi connectivity index (χ3v) is 2.51. The first-order valence-electron chi connectivity index (χ1n) is 4.39. The first-order chi connectivity index (χ1) is 6.70. The zero-order valence-corrected chi connectivity index (χ0v) is 8.92. The molecule has 0 aliphatic heterocycles. The van der Waals surface area contributed by atoms with E-state index in [1.54, 1.807) is 6.20 Å². The van der Waals surface area contributed by atoms with Crippen molar-refractivity contribution in [3.05, 3.63) is 35.6 Å². The molecular weight excluding hydrogens is 196 g/mol. The molecule has 0 saturated heterocycles. The van der Waals surface area contributed by atoms with Gasteiger partial charge < -0.3 is 4.90 Å². The molecule has 72 valence electrons. The molecule has 0 N–H and O–H groups in total. The Morgan fingerprint density at radius 3 is 2.64 bits per heavy atom. The number of benzene rings is 1. The van der Waals surface area contributed by atoms with Crippen LogP contribution in [-0.4, -0.2) is 19.1 Å². The number of fused-ring (bicyclic) bond motifs is 1. The molecule has 0 saturated carbocycles. The van der Waals surface area contributed by atoms with E-state index in [-0.39, 0.29) is 0 Å². The average molecular weight is 207 g/mol. The molecule has 0 fully saturated rings. The normalized spacial score (nSPS) is 10.5. The predicted molar refractivity (Wildman–Crippen MR) is 61.1 cm³/mol. The van der Waals surface area contributed by atoms with Crippen molar-refractivity contribution in [2.24, 2.45) is 0 Å². The fourth-order valence-electron chi connectivity index (χ4n) is 1.53. The summed E-state index contributed by atoms with van der Waals surface area (Å²) < 4.78 is 0. The van der Waals surface area contributed by atoms with E-state index in [0.717, 1.165) is 16.5 Å². The van der Waals surface area contributed by atoms with Crippen LogP contribution in [0.15, 0.2) is 30.6 Å². The molecule has 0 amide bonds. The first-order valence-corrected chi connectivity index (χ1v) is 4.77. The van der Waals surface area contributed by atoms with Crippen LogP contribution in [0.25, 0.3) is 10.8 Å². The molecule has 0 radical (unpaired) electrons. The fraction of sp³-hybridized carbons (Fsp3) is 0.182. The topological polar surface area (TPSA) is 16.1 Å². The molecule has 0 aliphatic carbocycles. The predicted octanol–water partition coefficient (Wildman–Crippen LogP) is 2.95. The van der Waals surface area contributed by atoms with Gasteiger partial charge in [-0.15, -0.1) is 0 Å². The van der Waals surface area contributed by atoms with Crippen LogP contribution in [0.2, 0.25) is 5.02 Å². The van der Waals surface area contributed by atoms with Gasteiger partial charge in [0.1, 0.15) is 0 Å². The summed E-state index contributed by atoms with van der Waals surface area (Å²) in [4.78, 5) is 6.15. The molecule has 0 atom stereocenters. The minimum atomic E-state index is 0.700. The standard InChI is InChI=1S/C11H11ClN2/c1-14(2)11-5-3-4-8-9(11)6-13-7-10(8)12/h3-7H,1-2H3. The van der Waals surface area contributed by atoms with Gasteiger partial charge in [0.2, 0.25) is 0 Å². The zero-order chi connectivity index (χ0) is 10.1. The van der Waals surface area contributed by atoms with Crippen molar-refractivity contribution in [3.8, 4) is 0 Å². The van der Waals surface area contributed by atoms with Crippen molar-refractivity contribution in [1.82, 2.24) is 4.98 Å². The molecular formula is C11H11ClN2. The number of pyridine rings is 1. The monoisotopic (exact) mass is 206 g/mol. The Bertz CT molecular complexity index is 466. The Morgan fingerprint density at radius 1 is 1.14 bits per heavy atom. The first kappa shape index (κ1) is 9.28. The lowest BCUT2D eigenvalue weighted by molar-refractivity contribution is 1.14. The van der Waals surface area contributed by atoms with Gasteiger partial charge in [-0.05, 0) is 6.07 Å². The van der Waals surface area contributed by atoms with Crippen LogP contribution < -0.4 is 4.90 Å². The van der Waals surface area contributed by atoms with Crippen molar-refractivity contribution in [2.75, 3.05) is 19.0 Å². The lowest BCUT2D eigenvalue weighted by Gasteiger charge is -2.15. The number of rotatable bonds is 1. The van der Waals surface area contributed by atoms with E-state index in [0.29, 0.717) is 5.02 Å². The summed E-state index contributed by atoms with van der Waals surface area (Å²) in [6, 6.07) is 6.07. The van der Waals surface area contributed by atoms with Crippen LogP contribution in [0.4, 0.5) is 5.69 Å². The van der Waals surface area contributed by atoms with Crippen LogP contribution in [-0.2, 0) is 0 Å². The molecule has 3 heteroatoms. The Morgan fingerprint density at radius 2 is 1.93 bits per heavy atom. The SMILES string of the molecule is CN(C)c1cccc2c(Cl)cncc12. The van der Waals surface area contributed by atoms with Gasteiger partial charge >= 0.3 is 0 Å². The van der Waals surface area contributed by atoms with E-state index >= 15 is 0 Å². The highest BCUT2D eigenvalue weighted by molar-refractivity contribution is 6.35. The van der Waals surface area contributed by atoms with Gasteiger partial charge in [-0.2, -0.15) is 0 Å². The molecule has 2 nitrogen and oxygen atoms in total. The Kier molecular flexibility index (Phi) is 2.30. The van der Waals surface area contributed by atoms with Gasteiger partial charge in [-0.25, -0.2) is 0 Å². The number of nitrogens with zero attached hydrogens (tertiary/aromatic N) is 2.